The van der Waals surface area contributed by atoms with Gasteiger partial charge in [0.25, 0.3) is 17.7 Å². The Balaban J connectivity index is 1.52. The number of benzene rings is 2. The lowest BCUT2D eigenvalue weighted by atomic mass is 10.1. The molecule has 0 bridgehead atoms. The number of carbonyl (C=O) groups excluding carboxylic acids is 3. The number of anilines is 1. The zero-order valence-corrected chi connectivity index (χ0v) is 15.4. The van der Waals surface area contributed by atoms with E-state index in [0.29, 0.717) is 34.7 Å². The lowest BCUT2D eigenvalue weighted by Crippen LogP contribution is -2.36. The number of ether oxygens (including phenoxy) is 2. The number of carbonyl (C=O) groups is 3. The summed E-state index contributed by atoms with van der Waals surface area (Å²) in [6.07, 6.45) is 1.68. The SMILES string of the molecule is COc1cccc(C(=O)Nc2ccc3c(c2)C(=O)N(C[C@@H]2CCCO2)C3=O)c1. The van der Waals surface area contributed by atoms with Crippen molar-refractivity contribution in [1.82, 2.24) is 4.90 Å². The van der Waals surface area contributed by atoms with Crippen LogP contribution in [0.2, 0.25) is 0 Å². The summed E-state index contributed by atoms with van der Waals surface area (Å²) in [5.41, 5.74) is 1.53. The number of amides is 3. The molecule has 2 heterocycles. The molecular weight excluding hydrogens is 360 g/mol. The van der Waals surface area contributed by atoms with E-state index in [4.69, 9.17) is 9.47 Å². The van der Waals surface area contributed by atoms with E-state index in [2.05, 4.69) is 5.32 Å². The summed E-state index contributed by atoms with van der Waals surface area (Å²) in [6, 6.07) is 11.5. The van der Waals surface area contributed by atoms with E-state index in [-0.39, 0.29) is 30.4 Å². The maximum absolute atomic E-state index is 12.7. The fourth-order valence-electron chi connectivity index (χ4n) is 3.49. The van der Waals surface area contributed by atoms with Crippen molar-refractivity contribution in [3.63, 3.8) is 0 Å². The third-order valence-electron chi connectivity index (χ3n) is 4.97. The predicted octanol–water partition coefficient (Wildman–Crippen LogP) is 2.72. The van der Waals surface area contributed by atoms with Crippen LogP contribution >= 0.6 is 0 Å². The zero-order valence-electron chi connectivity index (χ0n) is 15.4. The van der Waals surface area contributed by atoms with Gasteiger partial charge in [-0.25, -0.2) is 0 Å². The number of hydrogen-bond acceptors (Lipinski definition) is 5. The molecule has 2 aromatic rings. The van der Waals surface area contributed by atoms with Gasteiger partial charge in [-0.2, -0.15) is 0 Å². The summed E-state index contributed by atoms with van der Waals surface area (Å²) in [7, 11) is 1.53. The molecule has 28 heavy (non-hydrogen) atoms. The predicted molar refractivity (Wildman–Crippen MR) is 102 cm³/mol. The molecule has 4 rings (SSSR count). The largest absolute Gasteiger partial charge is 0.497 e. The van der Waals surface area contributed by atoms with Crippen LogP contribution in [0.25, 0.3) is 0 Å². The zero-order chi connectivity index (χ0) is 19.7. The summed E-state index contributed by atoms with van der Waals surface area (Å²) in [5.74, 6) is -0.423. The Morgan fingerprint density at radius 1 is 1.18 bits per heavy atom. The number of nitrogens with zero attached hydrogens (tertiary/aromatic N) is 1. The first-order chi connectivity index (χ1) is 13.6. The number of fused-ring (bicyclic) bond motifs is 1. The van der Waals surface area contributed by atoms with Crippen molar-refractivity contribution in [2.75, 3.05) is 25.6 Å². The Kier molecular flexibility index (Phi) is 4.83. The average Bonchev–Trinajstić information content (AvgIpc) is 3.31. The van der Waals surface area contributed by atoms with Gasteiger partial charge in [-0.05, 0) is 49.2 Å². The maximum atomic E-state index is 12.7. The highest BCUT2D eigenvalue weighted by atomic mass is 16.5. The van der Waals surface area contributed by atoms with Crippen LogP contribution in [0.1, 0.15) is 43.9 Å². The topological polar surface area (TPSA) is 84.9 Å². The lowest BCUT2D eigenvalue weighted by molar-refractivity contribution is 0.0475. The number of imide groups is 1. The summed E-state index contributed by atoms with van der Waals surface area (Å²) >= 11 is 0. The molecule has 0 aromatic heterocycles. The Bertz CT molecular complexity index is 950. The highest BCUT2D eigenvalue weighted by molar-refractivity contribution is 6.22. The molecule has 7 nitrogen and oxygen atoms in total. The molecule has 3 amide bonds. The van der Waals surface area contributed by atoms with Gasteiger partial charge in [-0.1, -0.05) is 6.07 Å². The Hall–Kier alpha value is -3.19. The van der Waals surface area contributed by atoms with Crippen LogP contribution in [0.15, 0.2) is 42.5 Å². The van der Waals surface area contributed by atoms with Gasteiger partial charge < -0.3 is 14.8 Å². The molecule has 0 spiro atoms. The van der Waals surface area contributed by atoms with E-state index >= 15 is 0 Å². The molecule has 1 atom stereocenters. The summed E-state index contributed by atoms with van der Waals surface area (Å²) < 4.78 is 10.7. The van der Waals surface area contributed by atoms with Gasteiger partial charge in [0.1, 0.15) is 5.75 Å². The van der Waals surface area contributed by atoms with E-state index in [1.54, 1.807) is 42.5 Å². The standard InChI is InChI=1S/C21H20N2O5/c1-27-15-5-2-4-13(10-15)19(24)22-14-7-8-17-18(11-14)21(26)23(20(17)25)12-16-6-3-9-28-16/h2,4-5,7-8,10-11,16H,3,6,9,12H2,1H3,(H,22,24)/t16-/m0/s1. The van der Waals surface area contributed by atoms with E-state index in [1.807, 2.05) is 0 Å². The first-order valence-corrected chi connectivity index (χ1v) is 9.14. The van der Waals surface area contributed by atoms with Crippen LogP contribution < -0.4 is 10.1 Å². The maximum Gasteiger partial charge on any atom is 0.261 e. The number of nitrogens with one attached hydrogen (secondary N) is 1. The van der Waals surface area contributed by atoms with Gasteiger partial charge in [0.05, 0.1) is 30.9 Å². The quantitative estimate of drug-likeness (QED) is 0.807. The van der Waals surface area contributed by atoms with Crippen molar-refractivity contribution in [1.29, 1.82) is 0 Å². The van der Waals surface area contributed by atoms with Crippen LogP contribution in [-0.2, 0) is 4.74 Å². The Morgan fingerprint density at radius 3 is 2.75 bits per heavy atom. The van der Waals surface area contributed by atoms with Crippen LogP contribution in [0, 0.1) is 0 Å². The fourth-order valence-corrected chi connectivity index (χ4v) is 3.49. The molecule has 144 valence electrons. The fraction of sp³-hybridized carbons (Fsp3) is 0.286. The third kappa shape index (κ3) is 3.36. The first-order valence-electron chi connectivity index (χ1n) is 9.14. The molecule has 2 aromatic carbocycles. The minimum absolute atomic E-state index is 0.102. The van der Waals surface area contributed by atoms with E-state index in [1.165, 1.54) is 12.0 Å². The molecule has 1 fully saturated rings. The van der Waals surface area contributed by atoms with Crippen molar-refractivity contribution < 1.29 is 23.9 Å². The van der Waals surface area contributed by atoms with Crippen molar-refractivity contribution in [3.05, 3.63) is 59.2 Å². The second-order valence-electron chi connectivity index (χ2n) is 6.80. The summed E-state index contributed by atoms with van der Waals surface area (Å²) in [5, 5.41) is 2.76. The molecule has 1 saturated heterocycles. The Morgan fingerprint density at radius 2 is 2.00 bits per heavy atom. The second-order valence-corrected chi connectivity index (χ2v) is 6.80. The van der Waals surface area contributed by atoms with E-state index in [0.717, 1.165) is 12.8 Å². The van der Waals surface area contributed by atoms with Gasteiger partial charge >= 0.3 is 0 Å². The highest BCUT2D eigenvalue weighted by Crippen LogP contribution is 2.28. The average molecular weight is 380 g/mol. The van der Waals surface area contributed by atoms with Crippen molar-refractivity contribution >= 4 is 23.4 Å². The Labute approximate surface area is 162 Å². The van der Waals surface area contributed by atoms with Crippen LogP contribution in [-0.4, -0.2) is 49.0 Å². The molecule has 1 N–H and O–H groups in total. The minimum Gasteiger partial charge on any atom is -0.497 e. The molecule has 0 radical (unpaired) electrons. The van der Waals surface area contributed by atoms with E-state index < -0.39 is 0 Å². The van der Waals surface area contributed by atoms with Crippen LogP contribution in [0.3, 0.4) is 0 Å². The minimum atomic E-state index is -0.354. The monoisotopic (exact) mass is 380 g/mol. The van der Waals surface area contributed by atoms with Gasteiger partial charge in [0.2, 0.25) is 0 Å². The smallest absolute Gasteiger partial charge is 0.261 e. The number of methoxy groups -OCH3 is 1. The second kappa shape index (κ2) is 7.44. The van der Waals surface area contributed by atoms with Crippen LogP contribution in [0.4, 0.5) is 5.69 Å². The van der Waals surface area contributed by atoms with Gasteiger partial charge in [0.15, 0.2) is 0 Å². The van der Waals surface area contributed by atoms with Crippen molar-refractivity contribution in [2.24, 2.45) is 0 Å². The third-order valence-corrected chi connectivity index (χ3v) is 4.97. The molecule has 0 unspecified atom stereocenters. The van der Waals surface area contributed by atoms with Crippen molar-refractivity contribution in [3.8, 4) is 5.75 Å². The molecule has 2 aliphatic rings. The molecule has 0 saturated carbocycles. The van der Waals surface area contributed by atoms with E-state index in [9.17, 15) is 14.4 Å². The van der Waals surface area contributed by atoms with Gasteiger partial charge in [0, 0.05) is 17.9 Å². The summed E-state index contributed by atoms with van der Waals surface area (Å²) in [4.78, 5) is 39.0. The van der Waals surface area contributed by atoms with Crippen LogP contribution in [0.5, 0.6) is 5.75 Å². The van der Waals surface area contributed by atoms with Gasteiger partial charge in [-0.15, -0.1) is 0 Å². The molecule has 0 aliphatic carbocycles. The number of hydrogen-bond donors (Lipinski definition) is 1. The van der Waals surface area contributed by atoms with Gasteiger partial charge in [-0.3, -0.25) is 19.3 Å². The highest BCUT2D eigenvalue weighted by Gasteiger charge is 2.37. The molecule has 7 heteroatoms. The molecule has 2 aliphatic heterocycles. The van der Waals surface area contributed by atoms with Crippen molar-refractivity contribution in [2.45, 2.75) is 18.9 Å². The molecular formula is C21H20N2O5. The normalized spacial score (nSPS) is 18.3. The first kappa shape index (κ1) is 18.2. The lowest BCUT2D eigenvalue weighted by Gasteiger charge is -2.17. The number of rotatable bonds is 5. The summed E-state index contributed by atoms with van der Waals surface area (Å²) in [6.45, 7) is 0.923.